The van der Waals surface area contributed by atoms with Gasteiger partial charge >= 0.3 is 0 Å². The monoisotopic (exact) mass is 343 g/mol. The van der Waals surface area contributed by atoms with Gasteiger partial charge in [0, 0.05) is 38.0 Å². The first kappa shape index (κ1) is 17.9. The number of likely N-dealkylation sites (tertiary alicyclic amines) is 2. The van der Waals surface area contributed by atoms with Crippen LogP contribution >= 0.6 is 0 Å². The van der Waals surface area contributed by atoms with Gasteiger partial charge in [0.2, 0.25) is 11.8 Å². The van der Waals surface area contributed by atoms with Crippen molar-refractivity contribution in [3.05, 3.63) is 35.9 Å². The van der Waals surface area contributed by atoms with Crippen molar-refractivity contribution in [1.29, 1.82) is 0 Å². The first-order valence-electron chi connectivity index (χ1n) is 9.19. The van der Waals surface area contributed by atoms with Crippen LogP contribution in [0.25, 0.3) is 0 Å². The predicted molar refractivity (Wildman–Crippen MR) is 97.6 cm³/mol. The molecule has 0 saturated carbocycles. The summed E-state index contributed by atoms with van der Waals surface area (Å²) in [5.41, 5.74) is 6.35. The molecular formula is C20H29N3O2. The van der Waals surface area contributed by atoms with Crippen molar-refractivity contribution in [2.75, 3.05) is 19.6 Å². The van der Waals surface area contributed by atoms with Crippen molar-refractivity contribution in [2.24, 2.45) is 11.1 Å². The maximum Gasteiger partial charge on any atom is 0.242 e. The lowest BCUT2D eigenvalue weighted by Gasteiger charge is -2.49. The number of hydrogen-bond acceptors (Lipinski definition) is 3. The molecule has 2 fully saturated rings. The number of piperidine rings is 2. The fraction of sp³-hybridized carbons (Fsp3) is 0.600. The Bertz CT molecular complexity index is 638. The first-order valence-corrected chi connectivity index (χ1v) is 9.19. The first-order chi connectivity index (χ1) is 11.8. The number of carbonyl (C=O) groups excluding carboxylic acids is 2. The normalized spacial score (nSPS) is 24.7. The number of hydrogen-bond donors (Lipinski definition) is 1. The molecule has 5 heteroatoms. The highest BCUT2D eigenvalue weighted by molar-refractivity contribution is 5.85. The predicted octanol–water partition coefficient (Wildman–Crippen LogP) is 2.16. The van der Waals surface area contributed by atoms with Gasteiger partial charge in [-0.25, -0.2) is 0 Å². The van der Waals surface area contributed by atoms with Crippen LogP contribution in [-0.4, -0.2) is 46.8 Å². The molecule has 3 rings (SSSR count). The van der Waals surface area contributed by atoms with Crippen molar-refractivity contribution in [2.45, 2.75) is 51.6 Å². The summed E-state index contributed by atoms with van der Waals surface area (Å²) in [5.74, 6) is 0.232. The molecule has 1 spiro atoms. The van der Waals surface area contributed by atoms with E-state index in [2.05, 4.69) is 12.1 Å². The highest BCUT2D eigenvalue weighted by atomic mass is 16.2. The second-order valence-electron chi connectivity index (χ2n) is 8.29. The van der Waals surface area contributed by atoms with Gasteiger partial charge in [-0.15, -0.1) is 0 Å². The van der Waals surface area contributed by atoms with E-state index in [4.69, 9.17) is 5.73 Å². The van der Waals surface area contributed by atoms with Gasteiger partial charge in [-0.2, -0.15) is 0 Å². The van der Waals surface area contributed by atoms with Gasteiger partial charge in [0.15, 0.2) is 0 Å². The van der Waals surface area contributed by atoms with Crippen molar-refractivity contribution in [3.8, 4) is 0 Å². The van der Waals surface area contributed by atoms with Crippen LogP contribution in [0.2, 0.25) is 0 Å². The Balaban J connectivity index is 1.72. The lowest BCUT2D eigenvalue weighted by atomic mass is 9.73. The Labute approximate surface area is 150 Å². The Morgan fingerprint density at radius 2 is 1.92 bits per heavy atom. The lowest BCUT2D eigenvalue weighted by Crippen LogP contribution is -2.59. The zero-order valence-electron chi connectivity index (χ0n) is 15.3. The van der Waals surface area contributed by atoms with Gasteiger partial charge in [0.25, 0.3) is 0 Å². The van der Waals surface area contributed by atoms with Gasteiger partial charge in [-0.05, 0) is 38.7 Å². The standard InChI is InChI=1S/C20H29N3O2/c1-19(2,21)18(25)22-12-6-10-20(14-22)11-9-17(24)23(15-20)13-16-7-4-3-5-8-16/h3-5,7-8H,6,9-15,21H2,1-2H3. The van der Waals surface area contributed by atoms with Crippen molar-refractivity contribution in [1.82, 2.24) is 9.80 Å². The Morgan fingerprint density at radius 3 is 2.60 bits per heavy atom. The minimum Gasteiger partial charge on any atom is -0.340 e. The Kier molecular flexibility index (Phi) is 4.87. The third-order valence-corrected chi connectivity index (χ3v) is 5.46. The molecule has 5 nitrogen and oxygen atoms in total. The average molecular weight is 343 g/mol. The molecule has 2 amide bonds. The number of amides is 2. The van der Waals surface area contributed by atoms with E-state index >= 15 is 0 Å². The van der Waals surface area contributed by atoms with Gasteiger partial charge in [-0.3, -0.25) is 9.59 Å². The largest absolute Gasteiger partial charge is 0.340 e. The summed E-state index contributed by atoms with van der Waals surface area (Å²) in [6.07, 6.45) is 3.49. The molecule has 1 unspecified atom stereocenters. The maximum atomic E-state index is 12.6. The molecule has 1 atom stereocenters. The van der Waals surface area contributed by atoms with E-state index < -0.39 is 5.54 Å². The van der Waals surface area contributed by atoms with Crippen LogP contribution < -0.4 is 5.73 Å². The van der Waals surface area contributed by atoms with E-state index in [0.29, 0.717) is 19.5 Å². The summed E-state index contributed by atoms with van der Waals surface area (Å²) in [4.78, 5) is 28.9. The molecule has 25 heavy (non-hydrogen) atoms. The van der Waals surface area contributed by atoms with Crippen molar-refractivity contribution >= 4 is 11.8 Å². The number of rotatable bonds is 3. The van der Waals surface area contributed by atoms with E-state index in [1.807, 2.05) is 28.0 Å². The van der Waals surface area contributed by atoms with Crippen LogP contribution in [-0.2, 0) is 16.1 Å². The molecule has 0 aliphatic carbocycles. The molecule has 0 aromatic heterocycles. The number of nitrogens with zero attached hydrogens (tertiary/aromatic N) is 2. The summed E-state index contributed by atoms with van der Waals surface area (Å²) in [5, 5.41) is 0. The third-order valence-electron chi connectivity index (χ3n) is 5.46. The van der Waals surface area contributed by atoms with Gasteiger partial charge in [0.05, 0.1) is 5.54 Å². The van der Waals surface area contributed by atoms with Gasteiger partial charge in [-0.1, -0.05) is 30.3 Å². The van der Waals surface area contributed by atoms with E-state index in [9.17, 15) is 9.59 Å². The molecular weight excluding hydrogens is 314 g/mol. The van der Waals surface area contributed by atoms with Crippen LogP contribution in [0.3, 0.4) is 0 Å². The number of carbonyl (C=O) groups is 2. The summed E-state index contributed by atoms with van der Waals surface area (Å²) in [6.45, 7) is 6.40. The molecule has 2 N–H and O–H groups in total. The van der Waals surface area contributed by atoms with Crippen molar-refractivity contribution < 1.29 is 9.59 Å². The molecule has 1 aromatic rings. The minimum absolute atomic E-state index is 0.0121. The maximum absolute atomic E-state index is 12.6. The molecule has 2 aliphatic heterocycles. The summed E-state index contributed by atoms with van der Waals surface area (Å²) in [7, 11) is 0. The molecule has 2 aliphatic rings. The van der Waals surface area contributed by atoms with Gasteiger partial charge < -0.3 is 15.5 Å². The molecule has 2 saturated heterocycles. The summed E-state index contributed by atoms with van der Waals surface area (Å²) >= 11 is 0. The zero-order chi connectivity index (χ0) is 18.1. The molecule has 136 valence electrons. The van der Waals surface area contributed by atoms with Crippen LogP contribution in [0.4, 0.5) is 0 Å². The fourth-order valence-corrected chi connectivity index (χ4v) is 4.17. The third kappa shape index (κ3) is 4.03. The van der Waals surface area contributed by atoms with E-state index in [-0.39, 0.29) is 17.2 Å². The SMILES string of the molecule is CC(C)(N)C(=O)N1CCCC2(CCC(=O)N(Cc3ccccc3)C2)C1. The van der Waals surface area contributed by atoms with Crippen LogP contribution in [0.1, 0.15) is 45.1 Å². The average Bonchev–Trinajstić information content (AvgIpc) is 2.58. The highest BCUT2D eigenvalue weighted by Crippen LogP contribution is 2.39. The Hall–Kier alpha value is -1.88. The number of benzene rings is 1. The van der Waals surface area contributed by atoms with Crippen LogP contribution in [0, 0.1) is 5.41 Å². The molecule has 0 bridgehead atoms. The highest BCUT2D eigenvalue weighted by Gasteiger charge is 2.44. The second-order valence-corrected chi connectivity index (χ2v) is 8.29. The Morgan fingerprint density at radius 1 is 1.20 bits per heavy atom. The fourth-order valence-electron chi connectivity index (χ4n) is 4.17. The summed E-state index contributed by atoms with van der Waals surface area (Å²) in [6, 6.07) is 10.1. The van der Waals surface area contributed by atoms with E-state index in [0.717, 1.165) is 37.9 Å². The van der Waals surface area contributed by atoms with Crippen LogP contribution in [0.15, 0.2) is 30.3 Å². The zero-order valence-corrected chi connectivity index (χ0v) is 15.3. The molecule has 2 heterocycles. The van der Waals surface area contributed by atoms with Crippen molar-refractivity contribution in [3.63, 3.8) is 0 Å². The quantitative estimate of drug-likeness (QED) is 0.914. The molecule has 0 radical (unpaired) electrons. The number of nitrogens with two attached hydrogens (primary N) is 1. The van der Waals surface area contributed by atoms with E-state index in [1.165, 1.54) is 0 Å². The topological polar surface area (TPSA) is 66.6 Å². The smallest absolute Gasteiger partial charge is 0.242 e. The van der Waals surface area contributed by atoms with Crippen LogP contribution in [0.5, 0.6) is 0 Å². The second kappa shape index (κ2) is 6.79. The van der Waals surface area contributed by atoms with Gasteiger partial charge in [0.1, 0.15) is 0 Å². The lowest BCUT2D eigenvalue weighted by molar-refractivity contribution is -0.145. The summed E-state index contributed by atoms with van der Waals surface area (Å²) < 4.78 is 0. The molecule has 1 aromatic carbocycles. The van der Waals surface area contributed by atoms with E-state index in [1.54, 1.807) is 13.8 Å². The minimum atomic E-state index is -0.841.